The van der Waals surface area contributed by atoms with Crippen molar-refractivity contribution >= 4 is 29.9 Å². The van der Waals surface area contributed by atoms with Gasteiger partial charge in [0, 0.05) is 45.0 Å². The third-order valence-corrected chi connectivity index (χ3v) is 4.76. The molecule has 0 radical (unpaired) electrons. The van der Waals surface area contributed by atoms with Gasteiger partial charge in [0.25, 0.3) is 0 Å². The molecule has 2 rings (SSSR count). The summed E-state index contributed by atoms with van der Waals surface area (Å²) in [6, 6.07) is 13.1. The first-order chi connectivity index (χ1) is 13.0. The van der Waals surface area contributed by atoms with Crippen molar-refractivity contribution < 1.29 is 0 Å². The fraction of sp³-hybridized carbons (Fsp3) is 0.524. The van der Waals surface area contributed by atoms with E-state index in [-0.39, 0.29) is 24.0 Å². The first kappa shape index (κ1) is 24.4. The van der Waals surface area contributed by atoms with Crippen LogP contribution in [0.15, 0.2) is 41.4 Å². The minimum atomic E-state index is 0. The predicted molar refractivity (Wildman–Crippen MR) is 128 cm³/mol. The molecule has 0 aliphatic heterocycles. The van der Waals surface area contributed by atoms with Gasteiger partial charge in [0.15, 0.2) is 5.96 Å². The topological polar surface area (TPSA) is 57.5 Å². The molecule has 0 spiro atoms. The summed E-state index contributed by atoms with van der Waals surface area (Å²) in [6.07, 6.45) is 1.01. The van der Waals surface area contributed by atoms with E-state index in [1.54, 1.807) is 0 Å². The maximum Gasteiger partial charge on any atom is 0.191 e. The third-order valence-electron chi connectivity index (χ3n) is 4.76. The van der Waals surface area contributed by atoms with Crippen molar-refractivity contribution in [2.75, 3.05) is 27.2 Å². The number of aryl methyl sites for hydroxylation is 3. The lowest BCUT2D eigenvalue weighted by atomic mass is 10.2. The van der Waals surface area contributed by atoms with Crippen LogP contribution in [0.1, 0.15) is 30.3 Å². The summed E-state index contributed by atoms with van der Waals surface area (Å²) in [4.78, 5) is 6.67. The van der Waals surface area contributed by atoms with Crippen molar-refractivity contribution in [3.8, 4) is 0 Å². The van der Waals surface area contributed by atoms with Gasteiger partial charge in [-0.25, -0.2) is 0 Å². The minimum Gasteiger partial charge on any atom is -0.356 e. The summed E-state index contributed by atoms with van der Waals surface area (Å²) in [6.45, 7) is 9.93. The molecule has 1 aromatic carbocycles. The summed E-state index contributed by atoms with van der Waals surface area (Å²) in [5.41, 5.74) is 3.62. The lowest BCUT2D eigenvalue weighted by molar-refractivity contribution is 0.249. The van der Waals surface area contributed by atoms with Crippen LogP contribution in [-0.2, 0) is 13.1 Å². The van der Waals surface area contributed by atoms with E-state index in [0.29, 0.717) is 6.04 Å². The van der Waals surface area contributed by atoms with Crippen LogP contribution in [0.5, 0.6) is 0 Å². The quantitative estimate of drug-likeness (QED) is 0.241. The van der Waals surface area contributed by atoms with Crippen molar-refractivity contribution in [1.82, 2.24) is 25.3 Å². The second-order valence-electron chi connectivity index (χ2n) is 7.13. The third kappa shape index (κ3) is 8.18. The van der Waals surface area contributed by atoms with Crippen molar-refractivity contribution in [2.24, 2.45) is 4.99 Å². The largest absolute Gasteiger partial charge is 0.356 e. The van der Waals surface area contributed by atoms with E-state index in [4.69, 9.17) is 0 Å². The number of aliphatic imine (C=N–C) groups is 1. The number of benzene rings is 1. The first-order valence-corrected chi connectivity index (χ1v) is 9.69. The molecule has 0 saturated carbocycles. The molecule has 6 nitrogen and oxygen atoms in total. The van der Waals surface area contributed by atoms with E-state index in [1.807, 2.05) is 14.0 Å². The van der Waals surface area contributed by atoms with Gasteiger partial charge in [-0.15, -0.1) is 24.0 Å². The summed E-state index contributed by atoms with van der Waals surface area (Å²) in [5, 5.41) is 11.3. The van der Waals surface area contributed by atoms with Gasteiger partial charge in [0.05, 0.1) is 5.69 Å². The first-order valence-electron chi connectivity index (χ1n) is 9.69. The number of guanidine groups is 1. The molecule has 2 N–H and O–H groups in total. The van der Waals surface area contributed by atoms with Crippen LogP contribution < -0.4 is 10.6 Å². The maximum atomic E-state index is 4.50. The van der Waals surface area contributed by atoms with Crippen LogP contribution in [-0.4, -0.2) is 53.9 Å². The predicted octanol–water partition coefficient (Wildman–Crippen LogP) is 3.19. The molecule has 1 atom stereocenters. The van der Waals surface area contributed by atoms with Gasteiger partial charge in [-0.05, 0) is 45.9 Å². The Labute approximate surface area is 186 Å². The monoisotopic (exact) mass is 498 g/mol. The Balaban J connectivity index is 0.00000392. The molecule has 7 heteroatoms. The number of hydrogen-bond donors (Lipinski definition) is 2. The molecular formula is C21H35IN6. The van der Waals surface area contributed by atoms with Gasteiger partial charge in [-0.2, -0.15) is 5.10 Å². The van der Waals surface area contributed by atoms with E-state index in [9.17, 15) is 0 Å². The molecule has 0 amide bonds. The highest BCUT2D eigenvalue weighted by molar-refractivity contribution is 14.0. The van der Waals surface area contributed by atoms with E-state index in [2.05, 4.69) is 87.6 Å². The minimum absolute atomic E-state index is 0. The molecule has 0 fully saturated rings. The zero-order chi connectivity index (χ0) is 19.6. The highest BCUT2D eigenvalue weighted by Crippen LogP contribution is 2.05. The number of aromatic nitrogens is 2. The SMILES string of the molecule is CN=C(NCCCn1nc(C)cc1C)NCC(C)N(C)Cc1ccccc1.I. The number of hydrogen-bond acceptors (Lipinski definition) is 3. The van der Waals surface area contributed by atoms with Crippen molar-refractivity contribution in [1.29, 1.82) is 0 Å². The average molecular weight is 498 g/mol. The maximum absolute atomic E-state index is 4.50. The van der Waals surface area contributed by atoms with Crippen LogP contribution in [0.4, 0.5) is 0 Å². The Bertz CT molecular complexity index is 713. The molecule has 0 saturated heterocycles. The zero-order valence-electron chi connectivity index (χ0n) is 17.8. The van der Waals surface area contributed by atoms with Crippen LogP contribution >= 0.6 is 24.0 Å². The second kappa shape index (κ2) is 12.8. The lowest BCUT2D eigenvalue weighted by Gasteiger charge is -2.25. The van der Waals surface area contributed by atoms with Gasteiger partial charge in [-0.3, -0.25) is 14.6 Å². The Morgan fingerprint density at radius 1 is 1.21 bits per heavy atom. The van der Waals surface area contributed by atoms with Crippen molar-refractivity contribution in [2.45, 2.75) is 46.3 Å². The van der Waals surface area contributed by atoms with Crippen molar-refractivity contribution in [3.63, 3.8) is 0 Å². The Kier molecular flexibility index (Phi) is 11.1. The van der Waals surface area contributed by atoms with E-state index < -0.39 is 0 Å². The highest BCUT2D eigenvalue weighted by atomic mass is 127. The van der Waals surface area contributed by atoms with Crippen LogP contribution in [0, 0.1) is 13.8 Å². The van der Waals surface area contributed by atoms with Crippen LogP contribution in [0.3, 0.4) is 0 Å². The Morgan fingerprint density at radius 3 is 2.54 bits per heavy atom. The van der Waals surface area contributed by atoms with Gasteiger partial charge < -0.3 is 10.6 Å². The fourth-order valence-electron chi connectivity index (χ4n) is 2.98. The number of nitrogens with one attached hydrogen (secondary N) is 2. The molecule has 28 heavy (non-hydrogen) atoms. The number of halogens is 1. The van der Waals surface area contributed by atoms with E-state index in [1.165, 1.54) is 11.3 Å². The van der Waals surface area contributed by atoms with Gasteiger partial charge >= 0.3 is 0 Å². The molecule has 1 aromatic heterocycles. The highest BCUT2D eigenvalue weighted by Gasteiger charge is 2.10. The summed E-state index contributed by atoms with van der Waals surface area (Å²) in [7, 11) is 3.97. The number of nitrogens with zero attached hydrogens (tertiary/aromatic N) is 4. The van der Waals surface area contributed by atoms with Gasteiger partial charge in [0.1, 0.15) is 0 Å². The van der Waals surface area contributed by atoms with E-state index >= 15 is 0 Å². The Hall–Kier alpha value is -1.61. The molecule has 2 aromatic rings. The summed E-state index contributed by atoms with van der Waals surface area (Å²) >= 11 is 0. The fourth-order valence-corrected chi connectivity index (χ4v) is 2.98. The molecule has 1 unspecified atom stereocenters. The molecule has 0 aliphatic carbocycles. The molecule has 156 valence electrons. The number of likely N-dealkylation sites (N-methyl/N-ethyl adjacent to an activating group) is 1. The van der Waals surface area contributed by atoms with Crippen LogP contribution in [0.2, 0.25) is 0 Å². The standard InChI is InChI=1S/C21H34N6.HI/c1-17-14-18(2)27(25-17)13-9-12-23-21(22-4)24-15-19(3)26(5)16-20-10-7-6-8-11-20;/h6-8,10-11,14,19H,9,12-13,15-16H2,1-5H3,(H2,22,23,24);1H. The van der Waals surface area contributed by atoms with E-state index in [0.717, 1.165) is 44.3 Å². The zero-order valence-corrected chi connectivity index (χ0v) is 20.1. The molecular weight excluding hydrogens is 463 g/mol. The summed E-state index contributed by atoms with van der Waals surface area (Å²) < 4.78 is 2.06. The second-order valence-corrected chi connectivity index (χ2v) is 7.13. The lowest BCUT2D eigenvalue weighted by Crippen LogP contribution is -2.45. The molecule has 0 aliphatic rings. The van der Waals surface area contributed by atoms with Gasteiger partial charge in [-0.1, -0.05) is 30.3 Å². The van der Waals surface area contributed by atoms with Crippen LogP contribution in [0.25, 0.3) is 0 Å². The average Bonchev–Trinajstić information content (AvgIpc) is 2.98. The number of rotatable bonds is 9. The van der Waals surface area contributed by atoms with Gasteiger partial charge in [0.2, 0.25) is 0 Å². The summed E-state index contributed by atoms with van der Waals surface area (Å²) in [5.74, 6) is 0.850. The molecule has 1 heterocycles. The van der Waals surface area contributed by atoms with Crippen molar-refractivity contribution in [3.05, 3.63) is 53.3 Å². The normalized spacial score (nSPS) is 12.6. The Morgan fingerprint density at radius 2 is 1.93 bits per heavy atom. The smallest absolute Gasteiger partial charge is 0.191 e. The molecule has 0 bridgehead atoms.